The molecule has 0 N–H and O–H groups in total. The normalized spacial score (nSPS) is 8.11. The second-order valence-corrected chi connectivity index (χ2v) is 1.65. The van der Waals surface area contributed by atoms with Gasteiger partial charge in [-0.05, 0) is 6.92 Å². The molecule has 1 heterocycles. The van der Waals surface area contributed by atoms with Crippen molar-refractivity contribution in [1.82, 2.24) is 9.97 Å². The minimum atomic E-state index is 0. The molecule has 1 aromatic rings. The van der Waals surface area contributed by atoms with Gasteiger partial charge in [0.15, 0.2) is 0 Å². The molecule has 2 nitrogen and oxygen atoms in total. The molecule has 0 aliphatic heterocycles. The molecule has 0 saturated heterocycles. The number of aryl methyl sites for hydroxylation is 1. The van der Waals surface area contributed by atoms with Crippen LogP contribution >= 0.6 is 0 Å². The van der Waals surface area contributed by atoms with Crippen LogP contribution in [0.15, 0.2) is 12.4 Å². The van der Waals surface area contributed by atoms with E-state index >= 15 is 0 Å². The third-order valence-electron chi connectivity index (χ3n) is 0.805. The molecule has 0 unspecified atom stereocenters. The standard InChI is InChI=1S/C6H7N2.Na/c1-5-3-7-4-6(2)8-5;/h3-4H,1H2,2H3;/q-1;+1. The SMILES string of the molecule is [CH2-]c1cncc(C)n1.[Na+]. The summed E-state index contributed by atoms with van der Waals surface area (Å²) < 4.78 is 0. The number of rotatable bonds is 0. The van der Waals surface area contributed by atoms with Gasteiger partial charge in [-0.2, -0.15) is 0 Å². The van der Waals surface area contributed by atoms with Crippen molar-refractivity contribution in [3.05, 3.63) is 30.7 Å². The second-order valence-electron chi connectivity index (χ2n) is 1.65. The summed E-state index contributed by atoms with van der Waals surface area (Å²) in [4.78, 5) is 7.86. The molecule has 3 heteroatoms. The summed E-state index contributed by atoms with van der Waals surface area (Å²) >= 11 is 0. The fourth-order valence-electron chi connectivity index (χ4n) is 0.515. The quantitative estimate of drug-likeness (QED) is 0.299. The number of nitrogens with zero attached hydrogens (tertiary/aromatic N) is 2. The molecule has 1 rings (SSSR count). The third kappa shape index (κ3) is 2.84. The minimum Gasteiger partial charge on any atom is -0.355 e. The summed E-state index contributed by atoms with van der Waals surface area (Å²) in [5.74, 6) is 0. The Morgan fingerprint density at radius 1 is 1.44 bits per heavy atom. The van der Waals surface area contributed by atoms with E-state index in [4.69, 9.17) is 0 Å². The van der Waals surface area contributed by atoms with Crippen LogP contribution in [-0.2, 0) is 0 Å². The van der Waals surface area contributed by atoms with Gasteiger partial charge in [0.05, 0.1) is 5.69 Å². The van der Waals surface area contributed by atoms with Gasteiger partial charge in [0, 0.05) is 6.20 Å². The Kier molecular flexibility index (Phi) is 3.86. The van der Waals surface area contributed by atoms with E-state index in [0.29, 0.717) is 0 Å². The Morgan fingerprint density at radius 3 is 2.44 bits per heavy atom. The predicted molar refractivity (Wildman–Crippen MR) is 31.2 cm³/mol. The van der Waals surface area contributed by atoms with Crippen LogP contribution in [0.1, 0.15) is 11.4 Å². The van der Waals surface area contributed by atoms with Gasteiger partial charge in [-0.3, -0.25) is 4.98 Å². The van der Waals surface area contributed by atoms with Crippen LogP contribution in [0.5, 0.6) is 0 Å². The zero-order valence-corrected chi connectivity index (χ0v) is 7.76. The molecule has 0 spiro atoms. The van der Waals surface area contributed by atoms with E-state index in [1.807, 2.05) is 6.92 Å². The molecule has 42 valence electrons. The van der Waals surface area contributed by atoms with Gasteiger partial charge in [-0.1, -0.05) is 11.9 Å². The van der Waals surface area contributed by atoms with E-state index in [1.165, 1.54) is 0 Å². The fourth-order valence-corrected chi connectivity index (χ4v) is 0.515. The molecular formula is C6H7N2Na. The van der Waals surface area contributed by atoms with Crippen molar-refractivity contribution >= 4 is 0 Å². The third-order valence-corrected chi connectivity index (χ3v) is 0.805. The molecule has 0 bridgehead atoms. The Labute approximate surface area is 77.0 Å². The van der Waals surface area contributed by atoms with Gasteiger partial charge < -0.3 is 4.98 Å². The van der Waals surface area contributed by atoms with Crippen LogP contribution < -0.4 is 29.6 Å². The average molecular weight is 130 g/mol. The molecule has 0 aromatic carbocycles. The van der Waals surface area contributed by atoms with E-state index in [1.54, 1.807) is 12.4 Å². The minimum absolute atomic E-state index is 0. The van der Waals surface area contributed by atoms with Crippen molar-refractivity contribution in [2.45, 2.75) is 6.92 Å². The zero-order valence-electron chi connectivity index (χ0n) is 5.76. The molecule has 0 aliphatic rings. The molecule has 0 atom stereocenters. The number of hydrogen-bond acceptors (Lipinski definition) is 2. The van der Waals surface area contributed by atoms with E-state index in [2.05, 4.69) is 16.9 Å². The van der Waals surface area contributed by atoms with Crippen LogP contribution in [0.4, 0.5) is 0 Å². The first-order valence-corrected chi connectivity index (χ1v) is 2.39. The maximum atomic E-state index is 4.00. The number of hydrogen-bond donors (Lipinski definition) is 0. The van der Waals surface area contributed by atoms with Gasteiger partial charge in [-0.25, -0.2) is 6.92 Å². The first-order chi connectivity index (χ1) is 3.79. The molecule has 9 heavy (non-hydrogen) atoms. The van der Waals surface area contributed by atoms with Gasteiger partial charge in [0.2, 0.25) is 0 Å². The Balaban J connectivity index is 0.000000640. The van der Waals surface area contributed by atoms with Crippen molar-refractivity contribution in [2.75, 3.05) is 0 Å². The first kappa shape index (κ1) is 8.95. The summed E-state index contributed by atoms with van der Waals surface area (Å²) in [5, 5.41) is 0. The van der Waals surface area contributed by atoms with Crippen LogP contribution in [0.3, 0.4) is 0 Å². The van der Waals surface area contributed by atoms with Crippen molar-refractivity contribution in [3.8, 4) is 0 Å². The van der Waals surface area contributed by atoms with Crippen LogP contribution in [0.25, 0.3) is 0 Å². The smallest absolute Gasteiger partial charge is 0.355 e. The summed E-state index contributed by atoms with van der Waals surface area (Å²) in [7, 11) is 0. The molecule has 0 radical (unpaired) electrons. The maximum absolute atomic E-state index is 4.00. The molecule has 1 aromatic heterocycles. The van der Waals surface area contributed by atoms with Gasteiger partial charge in [-0.15, -0.1) is 0 Å². The predicted octanol–water partition coefficient (Wildman–Crippen LogP) is -2.03. The largest absolute Gasteiger partial charge is 1.00 e. The van der Waals surface area contributed by atoms with Crippen molar-refractivity contribution in [2.24, 2.45) is 0 Å². The van der Waals surface area contributed by atoms with Gasteiger partial charge in [0.1, 0.15) is 0 Å². The molecular weight excluding hydrogens is 123 g/mol. The average Bonchev–Trinajstić information content (AvgIpc) is 1.64. The zero-order chi connectivity index (χ0) is 5.98. The second kappa shape index (κ2) is 3.88. The van der Waals surface area contributed by atoms with Gasteiger partial charge >= 0.3 is 29.6 Å². The van der Waals surface area contributed by atoms with Crippen LogP contribution in [0.2, 0.25) is 0 Å². The van der Waals surface area contributed by atoms with E-state index < -0.39 is 0 Å². The fraction of sp³-hybridized carbons (Fsp3) is 0.167. The Bertz CT molecular complexity index is 171. The van der Waals surface area contributed by atoms with Crippen molar-refractivity contribution < 1.29 is 29.6 Å². The molecule has 0 fully saturated rings. The Morgan fingerprint density at radius 2 is 2.11 bits per heavy atom. The summed E-state index contributed by atoms with van der Waals surface area (Å²) in [5.41, 5.74) is 1.64. The van der Waals surface area contributed by atoms with Crippen molar-refractivity contribution in [1.29, 1.82) is 0 Å². The molecule has 0 aliphatic carbocycles. The molecule has 0 amide bonds. The van der Waals surface area contributed by atoms with Crippen LogP contribution in [-0.4, -0.2) is 9.97 Å². The van der Waals surface area contributed by atoms with E-state index in [0.717, 1.165) is 11.4 Å². The van der Waals surface area contributed by atoms with Crippen LogP contribution in [0, 0.1) is 13.8 Å². The summed E-state index contributed by atoms with van der Waals surface area (Å²) in [6, 6.07) is 0. The van der Waals surface area contributed by atoms with Gasteiger partial charge in [0.25, 0.3) is 0 Å². The topological polar surface area (TPSA) is 25.8 Å². The summed E-state index contributed by atoms with van der Waals surface area (Å²) in [6.45, 7) is 5.50. The number of aromatic nitrogens is 2. The van der Waals surface area contributed by atoms with Crippen molar-refractivity contribution in [3.63, 3.8) is 0 Å². The monoisotopic (exact) mass is 130 g/mol. The van der Waals surface area contributed by atoms with E-state index in [-0.39, 0.29) is 29.6 Å². The summed E-state index contributed by atoms with van der Waals surface area (Å²) in [6.07, 6.45) is 3.34. The maximum Gasteiger partial charge on any atom is 1.00 e. The molecule has 0 saturated carbocycles. The Hall–Kier alpha value is -0.0500. The van der Waals surface area contributed by atoms with E-state index in [9.17, 15) is 0 Å². The first-order valence-electron chi connectivity index (χ1n) is 2.39.